The van der Waals surface area contributed by atoms with E-state index >= 15 is 0 Å². The van der Waals surface area contributed by atoms with E-state index in [1.165, 1.54) is 16.4 Å². The first kappa shape index (κ1) is 21.2. The minimum atomic E-state index is -3.55. The lowest BCUT2D eigenvalue weighted by Crippen LogP contribution is -2.41. The van der Waals surface area contributed by atoms with Gasteiger partial charge in [-0.05, 0) is 43.0 Å². The number of rotatable bonds is 6. The van der Waals surface area contributed by atoms with Crippen molar-refractivity contribution in [3.63, 3.8) is 0 Å². The van der Waals surface area contributed by atoms with Gasteiger partial charge < -0.3 is 15.0 Å². The summed E-state index contributed by atoms with van der Waals surface area (Å²) in [6.07, 6.45) is 3.96. The van der Waals surface area contributed by atoms with Gasteiger partial charge in [-0.2, -0.15) is 4.31 Å². The number of nitrogens with one attached hydrogen (secondary N) is 1. The Hall–Kier alpha value is -2.01. The number of morpholine rings is 1. The molecule has 30 heavy (non-hydrogen) atoms. The van der Waals surface area contributed by atoms with Gasteiger partial charge in [0.25, 0.3) is 5.91 Å². The van der Waals surface area contributed by atoms with Crippen molar-refractivity contribution in [2.24, 2.45) is 5.92 Å². The fourth-order valence-electron chi connectivity index (χ4n) is 3.83. The van der Waals surface area contributed by atoms with Crippen molar-refractivity contribution in [3.05, 3.63) is 41.4 Å². The number of sulfonamides is 1. The predicted molar refractivity (Wildman–Crippen MR) is 115 cm³/mol. The zero-order chi connectivity index (χ0) is 21.0. The van der Waals surface area contributed by atoms with Crippen LogP contribution in [0.15, 0.2) is 40.7 Å². The first-order valence-electron chi connectivity index (χ1n) is 10.1. The lowest BCUT2D eigenvalue weighted by atomic mass is 9.98. The van der Waals surface area contributed by atoms with Crippen molar-refractivity contribution < 1.29 is 17.9 Å². The monoisotopic (exact) mass is 450 g/mol. The Balaban J connectivity index is 1.32. The number of thiazole rings is 1. The van der Waals surface area contributed by atoms with Gasteiger partial charge in [0.15, 0.2) is 5.13 Å². The van der Waals surface area contributed by atoms with Gasteiger partial charge in [-0.1, -0.05) is 0 Å². The van der Waals surface area contributed by atoms with E-state index in [0.29, 0.717) is 44.3 Å². The highest BCUT2D eigenvalue weighted by Gasteiger charge is 2.26. The minimum Gasteiger partial charge on any atom is -0.379 e. The molecule has 0 aliphatic carbocycles. The summed E-state index contributed by atoms with van der Waals surface area (Å²) in [6.45, 7) is 3.98. The van der Waals surface area contributed by atoms with Crippen LogP contribution < -0.4 is 10.2 Å². The SMILES string of the molecule is O=C(NCC1CCCN(c2nccs2)C1)c1ccc(S(=O)(=O)N2CCOCC2)cc1. The van der Waals surface area contributed by atoms with Gasteiger partial charge in [-0.15, -0.1) is 11.3 Å². The summed E-state index contributed by atoms with van der Waals surface area (Å²) in [5.74, 6) is 0.185. The summed E-state index contributed by atoms with van der Waals surface area (Å²) in [4.78, 5) is 19.4. The van der Waals surface area contributed by atoms with E-state index in [4.69, 9.17) is 4.74 Å². The number of benzene rings is 1. The molecule has 0 radical (unpaired) electrons. The summed E-state index contributed by atoms with van der Waals surface area (Å²) in [7, 11) is -3.55. The molecule has 8 nitrogen and oxygen atoms in total. The minimum absolute atomic E-state index is 0.184. The van der Waals surface area contributed by atoms with E-state index in [0.717, 1.165) is 31.1 Å². The Kier molecular flexibility index (Phi) is 6.67. The molecule has 1 amide bonds. The number of aromatic nitrogens is 1. The topological polar surface area (TPSA) is 91.8 Å². The molecule has 3 heterocycles. The van der Waals surface area contributed by atoms with E-state index in [1.807, 2.05) is 11.6 Å². The molecule has 4 rings (SSSR count). The number of carbonyl (C=O) groups excluding carboxylic acids is 1. The lowest BCUT2D eigenvalue weighted by Gasteiger charge is -2.32. The second-order valence-corrected chi connectivity index (χ2v) is 10.3. The van der Waals surface area contributed by atoms with Crippen molar-refractivity contribution in [2.75, 3.05) is 50.8 Å². The second-order valence-electron chi connectivity index (χ2n) is 7.52. The maximum Gasteiger partial charge on any atom is 0.251 e. The van der Waals surface area contributed by atoms with E-state index in [1.54, 1.807) is 23.5 Å². The fourth-order valence-corrected chi connectivity index (χ4v) is 5.92. The van der Waals surface area contributed by atoms with Gasteiger partial charge in [0, 0.05) is 49.9 Å². The molecule has 1 N–H and O–H groups in total. The number of anilines is 1. The Morgan fingerprint density at radius 2 is 1.97 bits per heavy atom. The van der Waals surface area contributed by atoms with E-state index in [-0.39, 0.29) is 10.8 Å². The predicted octanol–water partition coefficient (Wildman–Crippen LogP) is 1.81. The third kappa shape index (κ3) is 4.83. The molecular weight excluding hydrogens is 424 g/mol. The number of amides is 1. The third-order valence-electron chi connectivity index (χ3n) is 5.48. The molecule has 0 spiro atoms. The molecule has 1 aromatic carbocycles. The highest BCUT2D eigenvalue weighted by Crippen LogP contribution is 2.24. The van der Waals surface area contributed by atoms with E-state index in [2.05, 4.69) is 15.2 Å². The third-order valence-corrected chi connectivity index (χ3v) is 8.23. The number of piperidine rings is 1. The Labute approximate surface area is 180 Å². The van der Waals surface area contributed by atoms with Crippen LogP contribution in [0.3, 0.4) is 0 Å². The summed E-state index contributed by atoms with van der Waals surface area (Å²) >= 11 is 1.63. The van der Waals surface area contributed by atoms with Crippen LogP contribution in [0, 0.1) is 5.92 Å². The van der Waals surface area contributed by atoms with Crippen LogP contribution in [-0.4, -0.2) is 69.6 Å². The average molecular weight is 451 g/mol. The quantitative estimate of drug-likeness (QED) is 0.722. The summed E-state index contributed by atoms with van der Waals surface area (Å²) in [5, 5.41) is 6.00. The molecular formula is C20H26N4O4S2. The highest BCUT2D eigenvalue weighted by molar-refractivity contribution is 7.89. The standard InChI is InChI=1S/C20H26N4O4S2/c25-19(22-14-16-2-1-8-23(15-16)20-21-7-13-29-20)17-3-5-18(6-4-17)30(26,27)24-9-11-28-12-10-24/h3-7,13,16H,1-2,8-12,14-15H2,(H,22,25). The molecule has 0 bridgehead atoms. The Morgan fingerprint density at radius 1 is 1.20 bits per heavy atom. The van der Waals surface area contributed by atoms with Crippen molar-refractivity contribution >= 4 is 32.4 Å². The molecule has 2 saturated heterocycles. The van der Waals surface area contributed by atoms with Gasteiger partial charge >= 0.3 is 0 Å². The molecule has 1 unspecified atom stereocenters. The first-order chi connectivity index (χ1) is 14.5. The number of hydrogen-bond acceptors (Lipinski definition) is 7. The number of hydrogen-bond donors (Lipinski definition) is 1. The van der Waals surface area contributed by atoms with Crippen molar-refractivity contribution in [3.8, 4) is 0 Å². The zero-order valence-corrected chi connectivity index (χ0v) is 18.3. The van der Waals surface area contributed by atoms with Crippen molar-refractivity contribution in [2.45, 2.75) is 17.7 Å². The van der Waals surface area contributed by atoms with Crippen molar-refractivity contribution in [1.82, 2.24) is 14.6 Å². The molecule has 2 aliphatic heterocycles. The first-order valence-corrected chi connectivity index (χ1v) is 12.5. The highest BCUT2D eigenvalue weighted by atomic mass is 32.2. The zero-order valence-electron chi connectivity index (χ0n) is 16.7. The van der Waals surface area contributed by atoms with Crippen LogP contribution >= 0.6 is 11.3 Å². The number of ether oxygens (including phenoxy) is 1. The molecule has 0 saturated carbocycles. The largest absolute Gasteiger partial charge is 0.379 e. The molecule has 1 atom stereocenters. The smallest absolute Gasteiger partial charge is 0.251 e. The summed E-state index contributed by atoms with van der Waals surface area (Å²) in [5.41, 5.74) is 0.462. The van der Waals surface area contributed by atoms with Crippen LogP contribution in [-0.2, 0) is 14.8 Å². The average Bonchev–Trinajstić information content (AvgIpc) is 3.33. The van der Waals surface area contributed by atoms with Gasteiger partial charge in [0.05, 0.1) is 18.1 Å². The van der Waals surface area contributed by atoms with Gasteiger partial charge in [0.1, 0.15) is 0 Å². The van der Waals surface area contributed by atoms with Gasteiger partial charge in [-0.3, -0.25) is 4.79 Å². The normalized spacial score (nSPS) is 20.8. The molecule has 2 aromatic rings. The van der Waals surface area contributed by atoms with Crippen LogP contribution in [0.1, 0.15) is 23.2 Å². The maximum atomic E-state index is 12.7. The van der Waals surface area contributed by atoms with Crippen LogP contribution in [0.5, 0.6) is 0 Å². The maximum absolute atomic E-state index is 12.7. The fraction of sp³-hybridized carbons (Fsp3) is 0.500. The number of carbonyl (C=O) groups is 1. The van der Waals surface area contributed by atoms with E-state index in [9.17, 15) is 13.2 Å². The summed E-state index contributed by atoms with van der Waals surface area (Å²) in [6, 6.07) is 6.16. The Morgan fingerprint density at radius 3 is 2.67 bits per heavy atom. The second kappa shape index (κ2) is 9.42. The molecule has 2 fully saturated rings. The van der Waals surface area contributed by atoms with Crippen LogP contribution in [0.4, 0.5) is 5.13 Å². The molecule has 1 aromatic heterocycles. The number of nitrogens with zero attached hydrogens (tertiary/aromatic N) is 3. The molecule has 10 heteroatoms. The van der Waals surface area contributed by atoms with Crippen LogP contribution in [0.2, 0.25) is 0 Å². The van der Waals surface area contributed by atoms with Gasteiger partial charge in [-0.25, -0.2) is 13.4 Å². The molecule has 162 valence electrons. The lowest BCUT2D eigenvalue weighted by molar-refractivity contribution is 0.0730. The summed E-state index contributed by atoms with van der Waals surface area (Å²) < 4.78 is 32.0. The van der Waals surface area contributed by atoms with E-state index < -0.39 is 10.0 Å². The van der Waals surface area contributed by atoms with Gasteiger partial charge in [0.2, 0.25) is 10.0 Å². The van der Waals surface area contributed by atoms with Crippen LogP contribution in [0.25, 0.3) is 0 Å². The Bertz CT molecular complexity index is 942. The van der Waals surface area contributed by atoms with Crippen molar-refractivity contribution in [1.29, 1.82) is 0 Å². The molecule has 2 aliphatic rings.